The first-order valence-corrected chi connectivity index (χ1v) is 6.22. The molecule has 98 valence electrons. The fourth-order valence-corrected chi connectivity index (χ4v) is 1.70. The Morgan fingerprint density at radius 3 is 2.94 bits per heavy atom. The summed E-state index contributed by atoms with van der Waals surface area (Å²) >= 11 is 0. The van der Waals surface area contributed by atoms with E-state index < -0.39 is 0 Å². The topological polar surface area (TPSA) is 73.2 Å². The maximum Gasteiger partial charge on any atom is 0.121 e. The van der Waals surface area contributed by atoms with Crippen LogP contribution >= 0.6 is 0 Å². The lowest BCUT2D eigenvalue weighted by Gasteiger charge is -2.06. The van der Waals surface area contributed by atoms with Crippen LogP contribution < -0.4 is 10.5 Å². The number of nitrogens with one attached hydrogen (secondary N) is 1. The molecule has 0 aliphatic heterocycles. The summed E-state index contributed by atoms with van der Waals surface area (Å²) in [5, 5.41) is 0. The molecule has 0 atom stereocenters. The first-order chi connectivity index (χ1) is 8.83. The number of fused-ring (bicyclic) bond motifs is 1. The van der Waals surface area contributed by atoms with Crippen molar-refractivity contribution in [1.29, 1.82) is 0 Å². The highest BCUT2D eigenvalue weighted by Crippen LogP contribution is 2.19. The summed E-state index contributed by atoms with van der Waals surface area (Å²) in [6, 6.07) is 5.84. The summed E-state index contributed by atoms with van der Waals surface area (Å²) in [5.74, 6) is 1.82. The number of aromatic nitrogens is 2. The van der Waals surface area contributed by atoms with Crippen molar-refractivity contribution in [1.82, 2.24) is 9.97 Å². The molecule has 2 aromatic rings. The van der Waals surface area contributed by atoms with Gasteiger partial charge < -0.3 is 20.2 Å². The minimum absolute atomic E-state index is 0.528. The van der Waals surface area contributed by atoms with E-state index in [4.69, 9.17) is 15.2 Å². The first-order valence-electron chi connectivity index (χ1n) is 6.22. The van der Waals surface area contributed by atoms with Gasteiger partial charge in [-0.1, -0.05) is 6.92 Å². The number of nitrogens with two attached hydrogens (primary N) is 1. The van der Waals surface area contributed by atoms with Gasteiger partial charge in [-0.05, 0) is 12.1 Å². The third-order valence-corrected chi connectivity index (χ3v) is 2.60. The molecular weight excluding hydrogens is 230 g/mol. The Kier molecular flexibility index (Phi) is 4.55. The van der Waals surface area contributed by atoms with Crippen molar-refractivity contribution in [2.75, 3.05) is 26.4 Å². The van der Waals surface area contributed by atoms with Gasteiger partial charge in [0.05, 0.1) is 24.2 Å². The Balaban J connectivity index is 1.93. The van der Waals surface area contributed by atoms with E-state index in [1.807, 2.05) is 18.2 Å². The molecule has 0 saturated carbocycles. The van der Waals surface area contributed by atoms with Crippen molar-refractivity contribution in [2.45, 2.75) is 13.3 Å². The van der Waals surface area contributed by atoms with E-state index in [1.165, 1.54) is 0 Å². The van der Waals surface area contributed by atoms with E-state index in [0.717, 1.165) is 29.0 Å². The second kappa shape index (κ2) is 6.37. The third-order valence-electron chi connectivity index (χ3n) is 2.60. The molecule has 0 fully saturated rings. The molecular formula is C13H19N3O2. The van der Waals surface area contributed by atoms with E-state index in [-0.39, 0.29) is 0 Å². The zero-order valence-electron chi connectivity index (χ0n) is 10.6. The highest BCUT2D eigenvalue weighted by Gasteiger charge is 2.02. The van der Waals surface area contributed by atoms with Crippen LogP contribution in [0.2, 0.25) is 0 Å². The van der Waals surface area contributed by atoms with Crippen molar-refractivity contribution < 1.29 is 9.47 Å². The number of nitrogens with zero attached hydrogens (tertiary/aromatic N) is 1. The van der Waals surface area contributed by atoms with Gasteiger partial charge in [-0.3, -0.25) is 0 Å². The lowest BCUT2D eigenvalue weighted by atomic mass is 10.3. The zero-order chi connectivity index (χ0) is 12.8. The summed E-state index contributed by atoms with van der Waals surface area (Å²) in [6.45, 7) is 4.27. The van der Waals surface area contributed by atoms with Crippen molar-refractivity contribution in [3.05, 3.63) is 24.0 Å². The molecule has 3 N–H and O–H groups in total. The van der Waals surface area contributed by atoms with Crippen molar-refractivity contribution >= 4 is 11.0 Å². The summed E-state index contributed by atoms with van der Waals surface area (Å²) in [4.78, 5) is 7.70. The Morgan fingerprint density at radius 1 is 1.28 bits per heavy atom. The fraction of sp³-hybridized carbons (Fsp3) is 0.462. The van der Waals surface area contributed by atoms with Crippen LogP contribution in [-0.2, 0) is 11.2 Å². The molecule has 5 nitrogen and oxygen atoms in total. The number of aryl methyl sites for hydroxylation is 1. The number of hydrogen-bond donors (Lipinski definition) is 2. The number of H-pyrrole nitrogens is 1. The number of ether oxygens (including phenoxy) is 2. The molecule has 0 amide bonds. The maximum absolute atomic E-state index is 5.59. The van der Waals surface area contributed by atoms with Gasteiger partial charge >= 0.3 is 0 Å². The second-order valence-electron chi connectivity index (χ2n) is 3.97. The molecule has 1 aromatic carbocycles. The SMILES string of the molecule is CCc1nc2ccc(OCCOCCN)cc2[nH]1. The van der Waals surface area contributed by atoms with Gasteiger partial charge in [-0.15, -0.1) is 0 Å². The normalized spacial score (nSPS) is 11.0. The van der Waals surface area contributed by atoms with Crippen LogP contribution in [0.3, 0.4) is 0 Å². The highest BCUT2D eigenvalue weighted by molar-refractivity contribution is 5.76. The molecule has 0 unspecified atom stereocenters. The van der Waals surface area contributed by atoms with E-state index in [0.29, 0.717) is 26.4 Å². The standard InChI is InChI=1S/C13H19N3O2/c1-2-13-15-11-4-3-10(9-12(11)16-13)18-8-7-17-6-5-14/h3-4,9H,2,5-8,14H2,1H3,(H,15,16). The lowest BCUT2D eigenvalue weighted by Crippen LogP contribution is -2.13. The molecule has 0 radical (unpaired) electrons. The minimum Gasteiger partial charge on any atom is -0.491 e. The molecule has 5 heteroatoms. The predicted octanol–water partition coefficient (Wildman–Crippen LogP) is 1.48. The fourth-order valence-electron chi connectivity index (χ4n) is 1.70. The lowest BCUT2D eigenvalue weighted by molar-refractivity contribution is 0.106. The monoisotopic (exact) mass is 249 g/mol. The molecule has 0 aliphatic carbocycles. The molecule has 1 aromatic heterocycles. The zero-order valence-corrected chi connectivity index (χ0v) is 10.6. The first kappa shape index (κ1) is 12.9. The minimum atomic E-state index is 0.528. The van der Waals surface area contributed by atoms with Crippen LogP contribution in [0.25, 0.3) is 11.0 Å². The number of imidazole rings is 1. The number of hydrogen-bond acceptors (Lipinski definition) is 4. The van der Waals surface area contributed by atoms with E-state index in [1.54, 1.807) is 0 Å². The Bertz CT molecular complexity index is 496. The van der Waals surface area contributed by atoms with E-state index >= 15 is 0 Å². The van der Waals surface area contributed by atoms with Crippen molar-refractivity contribution in [3.63, 3.8) is 0 Å². The summed E-state index contributed by atoms with van der Waals surface area (Å²) < 4.78 is 10.8. The number of aromatic amines is 1. The number of benzene rings is 1. The van der Waals surface area contributed by atoms with Crippen molar-refractivity contribution in [2.24, 2.45) is 5.73 Å². The van der Waals surface area contributed by atoms with Gasteiger partial charge in [-0.2, -0.15) is 0 Å². The van der Waals surface area contributed by atoms with Gasteiger partial charge in [0.25, 0.3) is 0 Å². The molecule has 0 spiro atoms. The van der Waals surface area contributed by atoms with Crippen LogP contribution in [0.5, 0.6) is 5.75 Å². The van der Waals surface area contributed by atoms with Crippen molar-refractivity contribution in [3.8, 4) is 5.75 Å². The summed E-state index contributed by atoms with van der Waals surface area (Å²) in [5.41, 5.74) is 7.30. The molecule has 0 bridgehead atoms. The van der Waals surface area contributed by atoms with E-state index in [2.05, 4.69) is 16.9 Å². The molecule has 0 aliphatic rings. The second-order valence-corrected chi connectivity index (χ2v) is 3.97. The molecule has 1 heterocycles. The molecule has 0 saturated heterocycles. The maximum atomic E-state index is 5.59. The van der Waals surface area contributed by atoms with Gasteiger partial charge in [0.1, 0.15) is 18.2 Å². The quantitative estimate of drug-likeness (QED) is 0.729. The van der Waals surface area contributed by atoms with Crippen LogP contribution in [0, 0.1) is 0 Å². The molecule has 2 rings (SSSR count). The van der Waals surface area contributed by atoms with Gasteiger partial charge in [-0.25, -0.2) is 4.98 Å². The van der Waals surface area contributed by atoms with Crippen LogP contribution in [0.4, 0.5) is 0 Å². The van der Waals surface area contributed by atoms with Gasteiger partial charge in [0.15, 0.2) is 0 Å². The van der Waals surface area contributed by atoms with Crippen LogP contribution in [-0.4, -0.2) is 36.3 Å². The largest absolute Gasteiger partial charge is 0.491 e. The number of rotatable bonds is 7. The van der Waals surface area contributed by atoms with Crippen LogP contribution in [0.15, 0.2) is 18.2 Å². The summed E-state index contributed by atoms with van der Waals surface area (Å²) in [6.07, 6.45) is 0.901. The average Bonchev–Trinajstić information content (AvgIpc) is 2.80. The Morgan fingerprint density at radius 2 is 2.17 bits per heavy atom. The van der Waals surface area contributed by atoms with Crippen LogP contribution in [0.1, 0.15) is 12.7 Å². The van der Waals surface area contributed by atoms with Gasteiger partial charge in [0, 0.05) is 19.0 Å². The molecule has 18 heavy (non-hydrogen) atoms. The van der Waals surface area contributed by atoms with E-state index in [9.17, 15) is 0 Å². The van der Waals surface area contributed by atoms with Gasteiger partial charge in [0.2, 0.25) is 0 Å². The predicted molar refractivity (Wildman–Crippen MR) is 70.8 cm³/mol. The smallest absolute Gasteiger partial charge is 0.121 e. The summed E-state index contributed by atoms with van der Waals surface area (Å²) in [7, 11) is 0. The Labute approximate surface area is 106 Å². The third kappa shape index (κ3) is 3.21. The highest BCUT2D eigenvalue weighted by atomic mass is 16.5. The average molecular weight is 249 g/mol. The Hall–Kier alpha value is -1.59.